The van der Waals surface area contributed by atoms with Crippen LogP contribution in [0.2, 0.25) is 5.15 Å². The molecule has 0 unspecified atom stereocenters. The van der Waals surface area contributed by atoms with Gasteiger partial charge in [-0.25, -0.2) is 15.0 Å². The van der Waals surface area contributed by atoms with E-state index in [0.717, 1.165) is 53.7 Å². The minimum atomic E-state index is 0.537. The minimum absolute atomic E-state index is 0.537. The first-order chi connectivity index (χ1) is 9.60. The van der Waals surface area contributed by atoms with E-state index in [4.69, 9.17) is 11.6 Å². The van der Waals surface area contributed by atoms with Gasteiger partial charge in [0.15, 0.2) is 0 Å². The summed E-state index contributed by atoms with van der Waals surface area (Å²) in [4.78, 5) is 13.3. The summed E-state index contributed by atoms with van der Waals surface area (Å²) in [6.07, 6.45) is 2.74. The van der Waals surface area contributed by atoms with Crippen molar-refractivity contribution < 1.29 is 0 Å². The fourth-order valence-electron chi connectivity index (χ4n) is 1.87. The van der Waals surface area contributed by atoms with E-state index in [1.165, 1.54) is 0 Å². The molecule has 2 aromatic heterocycles. The number of aromatic nitrogens is 3. The second-order valence-electron chi connectivity index (χ2n) is 4.69. The molecular formula is C14H19ClN4S. The second kappa shape index (κ2) is 6.99. The third-order valence-electron chi connectivity index (χ3n) is 2.95. The number of anilines is 1. The van der Waals surface area contributed by atoms with E-state index in [0.29, 0.717) is 5.15 Å². The maximum absolute atomic E-state index is 6.15. The Morgan fingerprint density at radius 1 is 1.20 bits per heavy atom. The number of rotatable bonds is 6. The highest BCUT2D eigenvalue weighted by molar-refractivity contribution is 7.09. The molecule has 20 heavy (non-hydrogen) atoms. The summed E-state index contributed by atoms with van der Waals surface area (Å²) in [5, 5.41) is 7.08. The van der Waals surface area contributed by atoms with E-state index in [1.807, 2.05) is 13.8 Å². The van der Waals surface area contributed by atoms with Gasteiger partial charge < -0.3 is 5.32 Å². The van der Waals surface area contributed by atoms with Crippen LogP contribution in [0, 0.1) is 13.8 Å². The van der Waals surface area contributed by atoms with Crippen LogP contribution in [-0.4, -0.2) is 21.5 Å². The first-order valence-electron chi connectivity index (χ1n) is 6.78. The molecule has 0 amide bonds. The van der Waals surface area contributed by atoms with E-state index < -0.39 is 0 Å². The quantitative estimate of drug-likeness (QED) is 0.824. The number of nitrogens with zero attached hydrogens (tertiary/aromatic N) is 3. The first-order valence-corrected chi connectivity index (χ1v) is 8.03. The molecule has 0 aromatic carbocycles. The lowest BCUT2D eigenvalue weighted by Gasteiger charge is -2.10. The van der Waals surface area contributed by atoms with Gasteiger partial charge in [0.25, 0.3) is 0 Å². The number of hydrogen-bond donors (Lipinski definition) is 1. The molecule has 0 spiro atoms. The first kappa shape index (κ1) is 15.2. The van der Waals surface area contributed by atoms with Crippen LogP contribution in [0.5, 0.6) is 0 Å². The van der Waals surface area contributed by atoms with Crippen molar-refractivity contribution in [2.24, 2.45) is 0 Å². The van der Waals surface area contributed by atoms with Crippen LogP contribution in [0.4, 0.5) is 5.82 Å². The molecule has 0 aliphatic carbocycles. The number of aryl methyl sites for hydroxylation is 2. The maximum atomic E-state index is 6.15. The van der Waals surface area contributed by atoms with Crippen molar-refractivity contribution >= 4 is 28.8 Å². The lowest BCUT2D eigenvalue weighted by molar-refractivity contribution is 0.828. The Labute approximate surface area is 128 Å². The van der Waals surface area contributed by atoms with E-state index in [1.54, 1.807) is 11.3 Å². The Kier molecular flexibility index (Phi) is 5.31. The molecular weight excluding hydrogens is 292 g/mol. The molecule has 6 heteroatoms. The number of nitrogens with one attached hydrogen (secondary N) is 1. The molecule has 2 aromatic rings. The van der Waals surface area contributed by atoms with Crippen LogP contribution in [0.15, 0.2) is 5.38 Å². The molecule has 0 radical (unpaired) electrons. The Morgan fingerprint density at radius 2 is 2.00 bits per heavy atom. The summed E-state index contributed by atoms with van der Waals surface area (Å²) >= 11 is 7.83. The Hall–Kier alpha value is -1.20. The third-order valence-corrected chi connectivity index (χ3v) is 4.14. The van der Waals surface area contributed by atoms with Gasteiger partial charge in [-0.15, -0.1) is 11.3 Å². The number of halogens is 1. The fraction of sp³-hybridized carbons (Fsp3) is 0.500. The largest absolute Gasteiger partial charge is 0.369 e. The van der Waals surface area contributed by atoms with Gasteiger partial charge in [0.1, 0.15) is 16.8 Å². The van der Waals surface area contributed by atoms with Crippen molar-refractivity contribution in [1.29, 1.82) is 0 Å². The van der Waals surface area contributed by atoms with Crippen molar-refractivity contribution in [2.75, 3.05) is 11.9 Å². The lowest BCUT2D eigenvalue weighted by Crippen LogP contribution is -2.10. The lowest BCUT2D eigenvalue weighted by atomic mass is 10.3. The van der Waals surface area contributed by atoms with Crippen LogP contribution in [-0.2, 0) is 12.8 Å². The van der Waals surface area contributed by atoms with Gasteiger partial charge in [-0.2, -0.15) is 0 Å². The molecule has 1 N–H and O–H groups in total. The Balaban J connectivity index is 2.01. The van der Waals surface area contributed by atoms with Crippen molar-refractivity contribution in [3.05, 3.63) is 32.6 Å². The van der Waals surface area contributed by atoms with Crippen LogP contribution in [0.3, 0.4) is 0 Å². The highest BCUT2D eigenvalue weighted by Gasteiger charge is 2.09. The molecule has 108 valence electrons. The van der Waals surface area contributed by atoms with Gasteiger partial charge in [-0.05, 0) is 20.3 Å². The highest BCUT2D eigenvalue weighted by atomic mass is 35.5. The molecule has 2 rings (SSSR count). The van der Waals surface area contributed by atoms with Gasteiger partial charge in [0.2, 0.25) is 0 Å². The van der Waals surface area contributed by atoms with Crippen LogP contribution >= 0.6 is 22.9 Å². The summed E-state index contributed by atoms with van der Waals surface area (Å²) in [7, 11) is 0. The third kappa shape index (κ3) is 3.90. The van der Waals surface area contributed by atoms with Crippen molar-refractivity contribution in [1.82, 2.24) is 15.0 Å². The molecule has 4 nitrogen and oxygen atoms in total. The molecule has 2 heterocycles. The second-order valence-corrected chi connectivity index (χ2v) is 6.11. The number of hydrogen-bond acceptors (Lipinski definition) is 5. The summed E-state index contributed by atoms with van der Waals surface area (Å²) in [6, 6.07) is 0. The van der Waals surface area contributed by atoms with Crippen LogP contribution < -0.4 is 5.32 Å². The summed E-state index contributed by atoms with van der Waals surface area (Å²) in [5.41, 5.74) is 2.02. The summed E-state index contributed by atoms with van der Waals surface area (Å²) < 4.78 is 0. The zero-order valence-corrected chi connectivity index (χ0v) is 13.6. The standard InChI is InChI=1S/C14H19ClN4S/c1-4-5-12-18-13(15)9(2)14(19-12)16-7-6-11-8-20-10(3)17-11/h8H,4-7H2,1-3H3,(H,16,18,19). The molecule has 0 aliphatic heterocycles. The Bertz CT molecular complexity index is 583. The molecule has 0 fully saturated rings. The topological polar surface area (TPSA) is 50.7 Å². The molecule has 0 saturated heterocycles. The van der Waals surface area contributed by atoms with Gasteiger partial charge in [0, 0.05) is 30.3 Å². The smallest absolute Gasteiger partial charge is 0.137 e. The van der Waals surface area contributed by atoms with Gasteiger partial charge in [-0.1, -0.05) is 18.5 Å². The van der Waals surface area contributed by atoms with E-state index in [2.05, 4.69) is 32.6 Å². The molecule has 0 aliphatic rings. The van der Waals surface area contributed by atoms with Gasteiger partial charge in [-0.3, -0.25) is 0 Å². The molecule has 0 saturated carbocycles. The average molecular weight is 311 g/mol. The van der Waals surface area contributed by atoms with Crippen molar-refractivity contribution in [3.63, 3.8) is 0 Å². The van der Waals surface area contributed by atoms with E-state index in [-0.39, 0.29) is 0 Å². The summed E-state index contributed by atoms with van der Waals surface area (Å²) in [6.45, 7) is 6.86. The molecule has 0 atom stereocenters. The van der Waals surface area contributed by atoms with Gasteiger partial charge in [0.05, 0.1) is 10.7 Å². The summed E-state index contributed by atoms with van der Waals surface area (Å²) in [5.74, 6) is 1.63. The minimum Gasteiger partial charge on any atom is -0.369 e. The zero-order valence-electron chi connectivity index (χ0n) is 12.0. The normalized spacial score (nSPS) is 10.8. The van der Waals surface area contributed by atoms with Crippen LogP contribution in [0.1, 0.15) is 35.4 Å². The number of thiazole rings is 1. The van der Waals surface area contributed by atoms with Gasteiger partial charge >= 0.3 is 0 Å². The van der Waals surface area contributed by atoms with Crippen LogP contribution in [0.25, 0.3) is 0 Å². The van der Waals surface area contributed by atoms with Crippen molar-refractivity contribution in [3.8, 4) is 0 Å². The SMILES string of the molecule is CCCc1nc(Cl)c(C)c(NCCc2csc(C)n2)n1. The van der Waals surface area contributed by atoms with E-state index >= 15 is 0 Å². The molecule has 0 bridgehead atoms. The maximum Gasteiger partial charge on any atom is 0.137 e. The van der Waals surface area contributed by atoms with E-state index in [9.17, 15) is 0 Å². The predicted molar refractivity (Wildman–Crippen MR) is 84.8 cm³/mol. The average Bonchev–Trinajstić information content (AvgIpc) is 2.81. The monoisotopic (exact) mass is 310 g/mol. The highest BCUT2D eigenvalue weighted by Crippen LogP contribution is 2.20. The predicted octanol–water partition coefficient (Wildman–Crippen LogP) is 3.81. The Morgan fingerprint density at radius 3 is 2.65 bits per heavy atom. The fourth-order valence-corrected chi connectivity index (χ4v) is 2.71. The van der Waals surface area contributed by atoms with Crippen molar-refractivity contribution in [2.45, 2.75) is 40.0 Å². The zero-order chi connectivity index (χ0) is 14.5.